The molecule has 0 radical (unpaired) electrons. The molecule has 0 bridgehead atoms. The number of carboxylic acids is 1. The number of carboxylic acid groups (broad SMARTS) is 1. The maximum Gasteiger partial charge on any atom is 0.303 e. The van der Waals surface area contributed by atoms with Gasteiger partial charge in [0, 0.05) is 18.9 Å². The largest absolute Gasteiger partial charge is 0.481 e. The van der Waals surface area contributed by atoms with Gasteiger partial charge in [0.25, 0.3) is 0 Å². The maximum atomic E-state index is 12.9. The fourth-order valence-corrected chi connectivity index (χ4v) is 1.30. The number of imidazole rings is 1. The number of aromatic nitrogens is 2. The molecule has 1 heterocycles. The van der Waals surface area contributed by atoms with Gasteiger partial charge in [0.15, 0.2) is 6.17 Å². The van der Waals surface area contributed by atoms with Crippen LogP contribution in [-0.2, 0) is 18.3 Å². The van der Waals surface area contributed by atoms with E-state index in [-0.39, 0.29) is 6.42 Å². The molecule has 0 aromatic carbocycles. The minimum atomic E-state index is -1.13. The third-order valence-corrected chi connectivity index (χ3v) is 2.07. The first-order valence-corrected chi connectivity index (χ1v) is 4.38. The van der Waals surface area contributed by atoms with E-state index in [0.717, 1.165) is 5.69 Å². The zero-order chi connectivity index (χ0) is 10.7. The SMILES string of the molecule is CC(F)c1ncc(CCC(=O)O)n1C. The van der Waals surface area contributed by atoms with Gasteiger partial charge in [-0.05, 0) is 13.3 Å². The number of halogens is 1. The van der Waals surface area contributed by atoms with Crippen LogP contribution in [0.2, 0.25) is 0 Å². The van der Waals surface area contributed by atoms with Crippen molar-refractivity contribution in [3.05, 3.63) is 17.7 Å². The average molecular weight is 200 g/mol. The second-order valence-electron chi connectivity index (χ2n) is 3.18. The van der Waals surface area contributed by atoms with Crippen molar-refractivity contribution in [2.45, 2.75) is 25.9 Å². The van der Waals surface area contributed by atoms with Crippen molar-refractivity contribution < 1.29 is 14.3 Å². The van der Waals surface area contributed by atoms with Gasteiger partial charge in [0.05, 0.1) is 6.42 Å². The normalized spacial score (nSPS) is 12.8. The van der Waals surface area contributed by atoms with Gasteiger partial charge in [-0.3, -0.25) is 4.79 Å². The van der Waals surface area contributed by atoms with Crippen molar-refractivity contribution >= 4 is 5.97 Å². The van der Waals surface area contributed by atoms with E-state index in [4.69, 9.17) is 5.11 Å². The van der Waals surface area contributed by atoms with E-state index in [1.165, 1.54) is 13.1 Å². The summed E-state index contributed by atoms with van der Waals surface area (Å²) in [6.07, 6.45) is 0.818. The third kappa shape index (κ3) is 2.31. The van der Waals surface area contributed by atoms with Crippen LogP contribution in [0, 0.1) is 0 Å². The Labute approximate surface area is 81.4 Å². The Bertz CT molecular complexity index is 334. The lowest BCUT2D eigenvalue weighted by molar-refractivity contribution is -0.136. The molecule has 78 valence electrons. The fourth-order valence-electron chi connectivity index (χ4n) is 1.30. The summed E-state index contributed by atoms with van der Waals surface area (Å²) in [7, 11) is 1.69. The molecule has 1 aromatic heterocycles. The van der Waals surface area contributed by atoms with Crippen LogP contribution in [0.5, 0.6) is 0 Å². The van der Waals surface area contributed by atoms with Crippen molar-refractivity contribution in [3.63, 3.8) is 0 Å². The van der Waals surface area contributed by atoms with Crippen LogP contribution in [0.3, 0.4) is 0 Å². The van der Waals surface area contributed by atoms with Gasteiger partial charge < -0.3 is 9.67 Å². The molecule has 1 rings (SSSR count). The summed E-state index contributed by atoms with van der Waals surface area (Å²) in [5.74, 6) is -0.522. The highest BCUT2D eigenvalue weighted by Crippen LogP contribution is 2.16. The van der Waals surface area contributed by atoms with Crippen LogP contribution in [0.4, 0.5) is 4.39 Å². The van der Waals surface area contributed by atoms with Gasteiger partial charge in [0.2, 0.25) is 0 Å². The summed E-state index contributed by atoms with van der Waals surface area (Å²) in [5, 5.41) is 8.48. The second kappa shape index (κ2) is 4.21. The summed E-state index contributed by atoms with van der Waals surface area (Å²) in [5.41, 5.74) is 0.743. The zero-order valence-corrected chi connectivity index (χ0v) is 8.20. The van der Waals surface area contributed by atoms with Gasteiger partial charge in [-0.25, -0.2) is 9.37 Å². The predicted octanol–water partition coefficient (Wildman–Crippen LogP) is 1.47. The topological polar surface area (TPSA) is 55.1 Å². The third-order valence-electron chi connectivity index (χ3n) is 2.07. The predicted molar refractivity (Wildman–Crippen MR) is 48.7 cm³/mol. The quantitative estimate of drug-likeness (QED) is 0.800. The molecule has 0 amide bonds. The number of alkyl halides is 1. The molecule has 0 saturated heterocycles. The number of hydrogen-bond donors (Lipinski definition) is 1. The molecule has 0 aliphatic carbocycles. The standard InChI is InChI=1S/C9H13FN2O2/c1-6(10)9-11-5-7(12(9)2)3-4-8(13)14/h5-6H,3-4H2,1-2H3,(H,13,14). The minimum Gasteiger partial charge on any atom is -0.481 e. The van der Waals surface area contributed by atoms with Crippen LogP contribution in [0.15, 0.2) is 6.20 Å². The van der Waals surface area contributed by atoms with Gasteiger partial charge >= 0.3 is 5.97 Å². The number of aryl methyl sites for hydroxylation is 1. The molecule has 1 N–H and O–H groups in total. The van der Waals surface area contributed by atoms with Crippen molar-refractivity contribution in [2.24, 2.45) is 7.05 Å². The highest BCUT2D eigenvalue weighted by atomic mass is 19.1. The van der Waals surface area contributed by atoms with E-state index in [9.17, 15) is 9.18 Å². The molecular formula is C9H13FN2O2. The average Bonchev–Trinajstić information content (AvgIpc) is 2.43. The van der Waals surface area contributed by atoms with E-state index < -0.39 is 12.1 Å². The molecular weight excluding hydrogens is 187 g/mol. The molecule has 4 nitrogen and oxygen atoms in total. The Balaban J connectivity index is 2.74. The van der Waals surface area contributed by atoms with Gasteiger partial charge in [-0.2, -0.15) is 0 Å². The smallest absolute Gasteiger partial charge is 0.303 e. The van der Waals surface area contributed by atoms with Crippen LogP contribution < -0.4 is 0 Å². The lowest BCUT2D eigenvalue weighted by atomic mass is 10.2. The van der Waals surface area contributed by atoms with Gasteiger partial charge in [-0.1, -0.05) is 0 Å². The van der Waals surface area contributed by atoms with Crippen molar-refractivity contribution in [3.8, 4) is 0 Å². The van der Waals surface area contributed by atoms with E-state index in [2.05, 4.69) is 4.98 Å². The molecule has 0 spiro atoms. The van der Waals surface area contributed by atoms with Crippen LogP contribution in [-0.4, -0.2) is 20.6 Å². The van der Waals surface area contributed by atoms with Crippen LogP contribution in [0.1, 0.15) is 31.0 Å². The van der Waals surface area contributed by atoms with Gasteiger partial charge in [-0.15, -0.1) is 0 Å². The molecule has 0 aliphatic rings. The number of nitrogens with zero attached hydrogens (tertiary/aromatic N) is 2. The molecule has 1 aromatic rings. The highest BCUT2D eigenvalue weighted by Gasteiger charge is 2.12. The molecule has 14 heavy (non-hydrogen) atoms. The number of aliphatic carboxylic acids is 1. The molecule has 0 saturated carbocycles. The molecule has 1 unspecified atom stereocenters. The minimum absolute atomic E-state index is 0.0413. The van der Waals surface area contributed by atoms with Crippen molar-refractivity contribution in [1.29, 1.82) is 0 Å². The zero-order valence-electron chi connectivity index (χ0n) is 8.20. The second-order valence-corrected chi connectivity index (χ2v) is 3.18. The number of carbonyl (C=O) groups is 1. The first-order chi connectivity index (χ1) is 6.52. The molecule has 0 aliphatic heterocycles. The molecule has 1 atom stereocenters. The first-order valence-electron chi connectivity index (χ1n) is 4.38. The van der Waals surface area contributed by atoms with Crippen molar-refractivity contribution in [2.75, 3.05) is 0 Å². The number of rotatable bonds is 4. The molecule has 0 fully saturated rings. The lowest BCUT2D eigenvalue weighted by Crippen LogP contribution is -2.05. The molecule has 5 heteroatoms. The summed E-state index contributed by atoms with van der Waals surface area (Å²) < 4.78 is 14.5. The Hall–Kier alpha value is -1.39. The fraction of sp³-hybridized carbons (Fsp3) is 0.556. The maximum absolute atomic E-state index is 12.9. The van der Waals surface area contributed by atoms with E-state index in [0.29, 0.717) is 12.2 Å². The Kier molecular flexibility index (Phi) is 3.22. The van der Waals surface area contributed by atoms with E-state index in [1.54, 1.807) is 11.6 Å². The van der Waals surface area contributed by atoms with Crippen molar-refractivity contribution in [1.82, 2.24) is 9.55 Å². The van der Waals surface area contributed by atoms with Crippen LogP contribution >= 0.6 is 0 Å². The summed E-state index contributed by atoms with van der Waals surface area (Å²) >= 11 is 0. The first kappa shape index (κ1) is 10.7. The Morgan fingerprint density at radius 3 is 2.86 bits per heavy atom. The Morgan fingerprint density at radius 2 is 2.43 bits per heavy atom. The lowest BCUT2D eigenvalue weighted by Gasteiger charge is -2.05. The summed E-state index contributed by atoms with van der Waals surface area (Å²) in [6.45, 7) is 1.41. The monoisotopic (exact) mass is 200 g/mol. The van der Waals surface area contributed by atoms with E-state index >= 15 is 0 Å². The van der Waals surface area contributed by atoms with Crippen LogP contribution in [0.25, 0.3) is 0 Å². The summed E-state index contributed by atoms with van der Waals surface area (Å²) in [4.78, 5) is 14.2. The van der Waals surface area contributed by atoms with Gasteiger partial charge in [0.1, 0.15) is 5.82 Å². The summed E-state index contributed by atoms with van der Waals surface area (Å²) in [6, 6.07) is 0. The Morgan fingerprint density at radius 1 is 1.79 bits per heavy atom. The van der Waals surface area contributed by atoms with E-state index in [1.807, 2.05) is 0 Å². The number of hydrogen-bond acceptors (Lipinski definition) is 2. The highest BCUT2D eigenvalue weighted by molar-refractivity contribution is 5.66.